The van der Waals surface area contributed by atoms with Crippen molar-refractivity contribution in [1.29, 1.82) is 0 Å². The van der Waals surface area contributed by atoms with Crippen LogP contribution in [0.5, 0.6) is 5.75 Å². The van der Waals surface area contributed by atoms with Crippen LogP contribution < -0.4 is 4.74 Å². The number of carboxylic acids is 1. The smallest absolute Gasteiger partial charge is 0.303 e. The highest BCUT2D eigenvalue weighted by molar-refractivity contribution is 7.90. The minimum absolute atomic E-state index is 0.0300. The molecule has 0 atom stereocenters. The number of rotatable bonds is 6. The van der Waals surface area contributed by atoms with Crippen molar-refractivity contribution in [3.05, 3.63) is 23.5 Å². The topological polar surface area (TPSA) is 80.7 Å². The van der Waals surface area contributed by atoms with E-state index in [0.29, 0.717) is 18.4 Å². The van der Waals surface area contributed by atoms with Crippen LogP contribution in [-0.4, -0.2) is 32.9 Å². The quantitative estimate of drug-likeness (QED) is 0.861. The highest BCUT2D eigenvalue weighted by Crippen LogP contribution is 2.28. The molecular weight excluding hydrogens is 275 g/mol. The molecule has 0 radical (unpaired) electrons. The maximum absolute atomic E-state index is 13.8. The Bertz CT molecular complexity index is 580. The van der Waals surface area contributed by atoms with Crippen molar-refractivity contribution in [2.75, 3.05) is 13.4 Å². The molecule has 0 saturated carbocycles. The van der Waals surface area contributed by atoms with Crippen LogP contribution in [0.4, 0.5) is 4.39 Å². The van der Waals surface area contributed by atoms with Crippen molar-refractivity contribution < 1.29 is 27.4 Å². The Balaban J connectivity index is 3.07. The van der Waals surface area contributed by atoms with E-state index < -0.39 is 26.5 Å². The summed E-state index contributed by atoms with van der Waals surface area (Å²) in [5.41, 5.74) is 0.503. The van der Waals surface area contributed by atoms with Gasteiger partial charge in [0.1, 0.15) is 16.5 Å². The molecule has 0 saturated heterocycles. The van der Waals surface area contributed by atoms with Crippen molar-refractivity contribution >= 4 is 15.8 Å². The predicted octanol–water partition coefficient (Wildman–Crippen LogP) is 1.65. The second-order valence-electron chi connectivity index (χ2n) is 4.13. The summed E-state index contributed by atoms with van der Waals surface area (Å²) in [5, 5.41) is 8.52. The molecule has 0 amide bonds. The van der Waals surface area contributed by atoms with E-state index in [0.717, 1.165) is 12.3 Å². The average molecular weight is 290 g/mol. The summed E-state index contributed by atoms with van der Waals surface area (Å²) in [5.74, 6) is -1.87. The van der Waals surface area contributed by atoms with E-state index in [9.17, 15) is 17.6 Å². The van der Waals surface area contributed by atoms with Gasteiger partial charge in [-0.05, 0) is 30.5 Å². The zero-order valence-corrected chi connectivity index (χ0v) is 11.5. The number of benzene rings is 1. The van der Waals surface area contributed by atoms with Crippen molar-refractivity contribution in [2.45, 2.75) is 24.2 Å². The van der Waals surface area contributed by atoms with Gasteiger partial charge in [-0.2, -0.15) is 0 Å². The fourth-order valence-electron chi connectivity index (χ4n) is 1.72. The summed E-state index contributed by atoms with van der Waals surface area (Å²) >= 11 is 0. The maximum atomic E-state index is 13.8. The Morgan fingerprint density at radius 1 is 1.42 bits per heavy atom. The zero-order chi connectivity index (χ0) is 14.6. The Kier molecular flexibility index (Phi) is 4.88. The van der Waals surface area contributed by atoms with E-state index in [-0.39, 0.29) is 12.2 Å². The molecule has 1 aromatic carbocycles. The van der Waals surface area contributed by atoms with Crippen molar-refractivity contribution in [3.8, 4) is 5.75 Å². The first-order chi connectivity index (χ1) is 8.75. The summed E-state index contributed by atoms with van der Waals surface area (Å²) in [6, 6.07) is 2.52. The summed E-state index contributed by atoms with van der Waals surface area (Å²) in [6.45, 7) is 0. The van der Waals surface area contributed by atoms with Gasteiger partial charge in [0.15, 0.2) is 9.84 Å². The van der Waals surface area contributed by atoms with Gasteiger partial charge >= 0.3 is 5.97 Å². The normalized spacial score (nSPS) is 11.3. The largest absolute Gasteiger partial charge is 0.495 e. The Morgan fingerprint density at radius 2 is 2.05 bits per heavy atom. The number of sulfone groups is 1. The van der Waals surface area contributed by atoms with Gasteiger partial charge in [-0.3, -0.25) is 4.79 Å². The standard InChI is InChI=1S/C12H15FO5S/c1-18-10-7-8(4-3-5-11(14)15)6-9(13)12(10)19(2,16)17/h6-7H,3-5H2,1-2H3,(H,14,15). The number of hydrogen-bond acceptors (Lipinski definition) is 4. The van der Waals surface area contributed by atoms with Gasteiger partial charge < -0.3 is 9.84 Å². The summed E-state index contributed by atoms with van der Waals surface area (Å²) < 4.78 is 41.6. The van der Waals surface area contributed by atoms with Gasteiger partial charge in [0.2, 0.25) is 0 Å². The molecule has 106 valence electrons. The molecule has 5 nitrogen and oxygen atoms in total. The Hall–Kier alpha value is -1.63. The fraction of sp³-hybridized carbons (Fsp3) is 0.417. The van der Waals surface area contributed by atoms with Gasteiger partial charge in [0.25, 0.3) is 0 Å². The summed E-state index contributed by atoms with van der Waals surface area (Å²) in [6.07, 6.45) is 1.55. The lowest BCUT2D eigenvalue weighted by atomic mass is 10.1. The van der Waals surface area contributed by atoms with Crippen molar-refractivity contribution in [2.24, 2.45) is 0 Å². The van der Waals surface area contributed by atoms with Crippen LogP contribution in [0.25, 0.3) is 0 Å². The van der Waals surface area contributed by atoms with Gasteiger partial charge in [-0.25, -0.2) is 12.8 Å². The highest BCUT2D eigenvalue weighted by Gasteiger charge is 2.21. The second-order valence-corrected chi connectivity index (χ2v) is 6.08. The van der Waals surface area contributed by atoms with Crippen LogP contribution >= 0.6 is 0 Å². The first kappa shape index (κ1) is 15.4. The lowest BCUT2D eigenvalue weighted by molar-refractivity contribution is -0.137. The van der Waals surface area contributed by atoms with E-state index in [1.807, 2.05) is 0 Å². The summed E-state index contributed by atoms with van der Waals surface area (Å²) in [4.78, 5) is 9.91. The molecule has 0 spiro atoms. The van der Waals surface area contributed by atoms with Crippen LogP contribution in [0.15, 0.2) is 17.0 Å². The number of carbonyl (C=O) groups is 1. The second kappa shape index (κ2) is 6.01. The molecule has 0 aliphatic carbocycles. The maximum Gasteiger partial charge on any atom is 0.303 e. The SMILES string of the molecule is COc1cc(CCCC(=O)O)cc(F)c1S(C)(=O)=O. The van der Waals surface area contributed by atoms with Crippen LogP contribution in [0.2, 0.25) is 0 Å². The highest BCUT2D eigenvalue weighted by atomic mass is 32.2. The molecule has 0 heterocycles. The minimum atomic E-state index is -3.72. The first-order valence-electron chi connectivity index (χ1n) is 5.54. The third-order valence-corrected chi connectivity index (χ3v) is 3.65. The minimum Gasteiger partial charge on any atom is -0.495 e. The molecule has 0 aliphatic heterocycles. The number of methoxy groups -OCH3 is 1. The lowest BCUT2D eigenvalue weighted by Crippen LogP contribution is -2.05. The van der Waals surface area contributed by atoms with Gasteiger partial charge in [-0.15, -0.1) is 0 Å². The zero-order valence-electron chi connectivity index (χ0n) is 10.6. The van der Waals surface area contributed by atoms with E-state index in [1.54, 1.807) is 0 Å². The third-order valence-electron chi connectivity index (χ3n) is 2.52. The van der Waals surface area contributed by atoms with E-state index in [2.05, 4.69) is 0 Å². The van der Waals surface area contributed by atoms with Gasteiger partial charge in [-0.1, -0.05) is 0 Å². The molecule has 0 bridgehead atoms. The molecule has 7 heteroatoms. The molecular formula is C12H15FO5S. The Labute approximate surface area is 110 Å². The van der Waals surface area contributed by atoms with E-state index in [1.165, 1.54) is 13.2 Å². The van der Waals surface area contributed by atoms with Crippen molar-refractivity contribution in [3.63, 3.8) is 0 Å². The molecule has 0 unspecified atom stereocenters. The number of hydrogen-bond donors (Lipinski definition) is 1. The van der Waals surface area contributed by atoms with Crippen molar-refractivity contribution in [1.82, 2.24) is 0 Å². The molecule has 1 N–H and O–H groups in total. The fourth-order valence-corrected chi connectivity index (χ4v) is 2.64. The molecule has 1 rings (SSSR count). The Morgan fingerprint density at radius 3 is 2.53 bits per heavy atom. The van der Waals surface area contributed by atoms with E-state index >= 15 is 0 Å². The van der Waals surface area contributed by atoms with Gasteiger partial charge in [0.05, 0.1) is 7.11 Å². The summed E-state index contributed by atoms with van der Waals surface area (Å²) in [7, 11) is -2.47. The van der Waals surface area contributed by atoms with Crippen LogP contribution in [0.3, 0.4) is 0 Å². The van der Waals surface area contributed by atoms with Crippen LogP contribution in [-0.2, 0) is 21.1 Å². The predicted molar refractivity (Wildman–Crippen MR) is 66.6 cm³/mol. The molecule has 1 aromatic rings. The van der Waals surface area contributed by atoms with E-state index in [4.69, 9.17) is 9.84 Å². The van der Waals surface area contributed by atoms with Gasteiger partial charge in [0, 0.05) is 12.7 Å². The third kappa shape index (κ3) is 4.20. The average Bonchev–Trinajstić information content (AvgIpc) is 2.25. The first-order valence-corrected chi connectivity index (χ1v) is 7.43. The van der Waals surface area contributed by atoms with Crippen LogP contribution in [0.1, 0.15) is 18.4 Å². The number of carboxylic acid groups (broad SMARTS) is 1. The molecule has 0 aromatic heterocycles. The molecule has 19 heavy (non-hydrogen) atoms. The number of aliphatic carboxylic acids is 1. The van der Waals surface area contributed by atoms with Crippen LogP contribution in [0, 0.1) is 5.82 Å². The molecule has 0 aliphatic rings. The molecule has 0 fully saturated rings. The monoisotopic (exact) mass is 290 g/mol. The number of halogens is 1. The number of aryl methyl sites for hydroxylation is 1. The lowest BCUT2D eigenvalue weighted by Gasteiger charge is -2.10. The number of ether oxygens (including phenoxy) is 1.